The molecule has 1 N–H and O–H groups in total. The van der Waals surface area contributed by atoms with Gasteiger partial charge >= 0.3 is 0 Å². The Morgan fingerprint density at radius 2 is 2.27 bits per heavy atom. The van der Waals surface area contributed by atoms with Gasteiger partial charge in [-0.05, 0) is 20.8 Å². The highest BCUT2D eigenvalue weighted by molar-refractivity contribution is 9.09. The number of hydrogen-bond donors (Lipinski definition) is 1. The Balaban J connectivity index is 2.74. The van der Waals surface area contributed by atoms with E-state index in [1.54, 1.807) is 0 Å². The molecular formula is C10H17BrClN3. The quantitative estimate of drug-likeness (QED) is 0.846. The molecule has 0 bridgehead atoms. The lowest BCUT2D eigenvalue weighted by molar-refractivity contribution is 0.545. The van der Waals surface area contributed by atoms with Crippen LogP contribution >= 0.6 is 27.5 Å². The van der Waals surface area contributed by atoms with Crippen LogP contribution in [0.2, 0.25) is 5.02 Å². The van der Waals surface area contributed by atoms with Crippen LogP contribution in [0.25, 0.3) is 0 Å². The van der Waals surface area contributed by atoms with Gasteiger partial charge in [0, 0.05) is 24.5 Å². The molecule has 1 heterocycles. The molecule has 1 rings (SSSR count). The lowest BCUT2D eigenvalue weighted by atomic mass is 10.3. The largest absolute Gasteiger partial charge is 0.308 e. The van der Waals surface area contributed by atoms with Crippen LogP contribution in [0.15, 0.2) is 0 Å². The fraction of sp³-hybridized carbons (Fsp3) is 0.700. The zero-order valence-electron chi connectivity index (χ0n) is 9.35. The van der Waals surface area contributed by atoms with E-state index in [1.165, 1.54) is 0 Å². The topological polar surface area (TPSA) is 29.9 Å². The van der Waals surface area contributed by atoms with E-state index in [2.05, 4.69) is 40.2 Å². The maximum absolute atomic E-state index is 6.18. The Hall–Kier alpha value is -0.0600. The van der Waals surface area contributed by atoms with E-state index in [1.807, 2.05) is 11.6 Å². The molecule has 0 radical (unpaired) electrons. The molecule has 0 saturated carbocycles. The van der Waals surface area contributed by atoms with Gasteiger partial charge in [0.05, 0.1) is 16.4 Å². The van der Waals surface area contributed by atoms with Crippen molar-refractivity contribution in [2.45, 2.75) is 39.9 Å². The lowest BCUT2D eigenvalue weighted by Crippen LogP contribution is -2.27. The first-order chi connectivity index (χ1) is 7.10. The Bertz CT molecular complexity index is 325. The van der Waals surface area contributed by atoms with Gasteiger partial charge in [0.1, 0.15) is 0 Å². The van der Waals surface area contributed by atoms with Crippen LogP contribution in [-0.2, 0) is 13.1 Å². The molecule has 1 atom stereocenters. The van der Waals surface area contributed by atoms with Crippen LogP contribution in [0, 0.1) is 6.92 Å². The maximum atomic E-state index is 6.18. The van der Waals surface area contributed by atoms with Crippen LogP contribution in [-0.4, -0.2) is 21.2 Å². The number of halogens is 2. The molecule has 5 heteroatoms. The van der Waals surface area contributed by atoms with Gasteiger partial charge < -0.3 is 5.32 Å². The smallest absolute Gasteiger partial charge is 0.0860 e. The molecule has 15 heavy (non-hydrogen) atoms. The summed E-state index contributed by atoms with van der Waals surface area (Å²) in [6.07, 6.45) is 0. The van der Waals surface area contributed by atoms with Gasteiger partial charge in [-0.1, -0.05) is 27.5 Å². The third-order valence-corrected chi connectivity index (χ3v) is 3.77. The number of alkyl halides is 1. The molecule has 0 aliphatic rings. The van der Waals surface area contributed by atoms with Crippen molar-refractivity contribution in [1.29, 1.82) is 0 Å². The summed E-state index contributed by atoms with van der Waals surface area (Å²) in [6, 6.07) is 0.432. The second-order valence-electron chi connectivity index (χ2n) is 3.60. The molecule has 1 unspecified atom stereocenters. The highest BCUT2D eigenvalue weighted by Gasteiger charge is 2.12. The molecule has 0 spiro atoms. The van der Waals surface area contributed by atoms with Gasteiger partial charge in [0.25, 0.3) is 0 Å². The Kier molecular flexibility index (Phi) is 5.09. The van der Waals surface area contributed by atoms with E-state index in [9.17, 15) is 0 Å². The van der Waals surface area contributed by atoms with E-state index in [-0.39, 0.29) is 0 Å². The van der Waals surface area contributed by atoms with Crippen LogP contribution in [0.4, 0.5) is 0 Å². The van der Waals surface area contributed by atoms with Gasteiger partial charge in [0.15, 0.2) is 0 Å². The number of nitrogens with one attached hydrogen (secondary N) is 1. The summed E-state index contributed by atoms with van der Waals surface area (Å²) >= 11 is 9.61. The molecule has 0 aliphatic carbocycles. The molecule has 0 saturated heterocycles. The predicted molar refractivity (Wildman–Crippen MR) is 67.7 cm³/mol. The summed E-state index contributed by atoms with van der Waals surface area (Å²) in [4.78, 5) is 0. The second-order valence-corrected chi connectivity index (χ2v) is 4.62. The fourth-order valence-corrected chi connectivity index (χ4v) is 1.79. The van der Waals surface area contributed by atoms with Crippen LogP contribution in [0.1, 0.15) is 25.2 Å². The summed E-state index contributed by atoms with van der Waals surface area (Å²) in [5.74, 6) is 0. The minimum atomic E-state index is 0.432. The van der Waals surface area contributed by atoms with Gasteiger partial charge in [-0.3, -0.25) is 4.68 Å². The molecule has 1 aromatic heterocycles. The van der Waals surface area contributed by atoms with Crippen molar-refractivity contribution in [3.8, 4) is 0 Å². The second kappa shape index (κ2) is 5.87. The zero-order valence-corrected chi connectivity index (χ0v) is 11.7. The SMILES string of the molecule is CCn1nc(C)c(Cl)c1CNC(C)CBr. The standard InChI is InChI=1S/C10H17BrClN3/c1-4-15-9(6-13-7(2)5-11)10(12)8(3)14-15/h7,13H,4-6H2,1-3H3. The summed E-state index contributed by atoms with van der Waals surface area (Å²) in [5.41, 5.74) is 1.98. The van der Waals surface area contributed by atoms with Crippen LogP contribution in [0.5, 0.6) is 0 Å². The Morgan fingerprint density at radius 1 is 1.60 bits per heavy atom. The molecule has 0 aliphatic heterocycles. The van der Waals surface area contributed by atoms with E-state index >= 15 is 0 Å². The number of aromatic nitrogens is 2. The van der Waals surface area contributed by atoms with E-state index in [4.69, 9.17) is 11.6 Å². The monoisotopic (exact) mass is 293 g/mol. The normalized spacial score (nSPS) is 13.1. The van der Waals surface area contributed by atoms with Gasteiger partial charge in [-0.2, -0.15) is 5.10 Å². The van der Waals surface area contributed by atoms with Crippen LogP contribution in [0.3, 0.4) is 0 Å². The summed E-state index contributed by atoms with van der Waals surface area (Å²) in [5, 5.41) is 9.47. The summed E-state index contributed by atoms with van der Waals surface area (Å²) in [7, 11) is 0. The van der Waals surface area contributed by atoms with Crippen molar-refractivity contribution < 1.29 is 0 Å². The third-order valence-electron chi connectivity index (χ3n) is 2.30. The molecule has 1 aromatic rings. The first-order valence-corrected chi connectivity index (χ1v) is 6.61. The fourth-order valence-electron chi connectivity index (χ4n) is 1.36. The molecule has 0 amide bonds. The van der Waals surface area contributed by atoms with Crippen molar-refractivity contribution in [1.82, 2.24) is 15.1 Å². The van der Waals surface area contributed by atoms with Crippen molar-refractivity contribution in [2.75, 3.05) is 5.33 Å². The van der Waals surface area contributed by atoms with E-state index in [0.29, 0.717) is 6.04 Å². The van der Waals surface area contributed by atoms with Gasteiger partial charge in [-0.25, -0.2) is 0 Å². The molecule has 0 aromatic carbocycles. The van der Waals surface area contributed by atoms with Crippen molar-refractivity contribution in [3.05, 3.63) is 16.4 Å². The number of aryl methyl sites for hydroxylation is 2. The maximum Gasteiger partial charge on any atom is 0.0860 e. The highest BCUT2D eigenvalue weighted by Crippen LogP contribution is 2.20. The highest BCUT2D eigenvalue weighted by atomic mass is 79.9. The molecular weight excluding hydrogens is 277 g/mol. The van der Waals surface area contributed by atoms with Crippen molar-refractivity contribution in [3.63, 3.8) is 0 Å². The third kappa shape index (κ3) is 3.20. The number of nitrogens with zero attached hydrogens (tertiary/aromatic N) is 2. The summed E-state index contributed by atoms with van der Waals surface area (Å²) < 4.78 is 1.95. The minimum absolute atomic E-state index is 0.432. The Labute approximate surface area is 104 Å². The van der Waals surface area contributed by atoms with Crippen molar-refractivity contribution in [2.24, 2.45) is 0 Å². The molecule has 0 fully saturated rings. The number of hydrogen-bond acceptors (Lipinski definition) is 2. The van der Waals surface area contributed by atoms with E-state index < -0.39 is 0 Å². The van der Waals surface area contributed by atoms with Crippen LogP contribution < -0.4 is 5.32 Å². The lowest BCUT2D eigenvalue weighted by Gasteiger charge is -2.11. The summed E-state index contributed by atoms with van der Waals surface area (Å²) in [6.45, 7) is 7.75. The predicted octanol–water partition coefficient (Wildman–Crippen LogP) is 2.74. The van der Waals surface area contributed by atoms with E-state index in [0.717, 1.165) is 34.8 Å². The zero-order chi connectivity index (χ0) is 11.4. The van der Waals surface area contributed by atoms with Crippen molar-refractivity contribution >= 4 is 27.5 Å². The molecule has 86 valence electrons. The van der Waals surface area contributed by atoms with Gasteiger partial charge in [0.2, 0.25) is 0 Å². The first-order valence-electron chi connectivity index (χ1n) is 5.11. The Morgan fingerprint density at radius 3 is 2.80 bits per heavy atom. The number of rotatable bonds is 5. The molecule has 3 nitrogen and oxygen atoms in total. The van der Waals surface area contributed by atoms with Gasteiger partial charge in [-0.15, -0.1) is 0 Å². The minimum Gasteiger partial charge on any atom is -0.308 e. The average molecular weight is 295 g/mol. The first kappa shape index (κ1) is 13.0. The average Bonchev–Trinajstić information content (AvgIpc) is 2.52.